The van der Waals surface area contributed by atoms with Gasteiger partial charge in [0.15, 0.2) is 0 Å². The summed E-state index contributed by atoms with van der Waals surface area (Å²) >= 11 is 0. The number of carbonyl (C=O) groups excluding carboxylic acids is 1. The van der Waals surface area contributed by atoms with Crippen LogP contribution < -0.4 is 5.32 Å². The lowest BCUT2D eigenvalue weighted by Crippen LogP contribution is -2.46. The molecule has 0 radical (unpaired) electrons. The Kier molecular flexibility index (Phi) is 5.17. The minimum absolute atomic E-state index is 0.122. The molecule has 1 amide bonds. The average Bonchev–Trinajstić information content (AvgIpc) is 2.74. The van der Waals surface area contributed by atoms with Crippen molar-refractivity contribution < 1.29 is 4.79 Å². The third-order valence-corrected chi connectivity index (χ3v) is 6.25. The summed E-state index contributed by atoms with van der Waals surface area (Å²) in [6.45, 7) is 4.01. The van der Waals surface area contributed by atoms with Crippen LogP contribution in [0.4, 0.5) is 0 Å². The highest BCUT2D eigenvalue weighted by Crippen LogP contribution is 2.36. The van der Waals surface area contributed by atoms with Gasteiger partial charge >= 0.3 is 0 Å². The van der Waals surface area contributed by atoms with Gasteiger partial charge in [0.1, 0.15) is 0 Å². The van der Waals surface area contributed by atoms with Crippen molar-refractivity contribution >= 4 is 16.8 Å². The highest BCUT2D eigenvalue weighted by Gasteiger charge is 2.32. The molecule has 0 bridgehead atoms. The third kappa shape index (κ3) is 3.66. The van der Waals surface area contributed by atoms with E-state index in [1.807, 2.05) is 56.4 Å². The lowest BCUT2D eigenvalue weighted by atomic mass is 9.79. The van der Waals surface area contributed by atoms with E-state index >= 15 is 0 Å². The van der Waals surface area contributed by atoms with E-state index in [-0.39, 0.29) is 11.9 Å². The number of carbonyl (C=O) groups is 1. The van der Waals surface area contributed by atoms with Crippen molar-refractivity contribution in [1.82, 2.24) is 10.3 Å². The van der Waals surface area contributed by atoms with Crippen LogP contribution >= 0.6 is 0 Å². The SMILES string of the molecule is CC(C)(C(=O)N[C@H]1CC[C@H](c2ccnc3ccccc32)CC1)c1ccccc1. The summed E-state index contributed by atoms with van der Waals surface area (Å²) in [7, 11) is 0. The van der Waals surface area contributed by atoms with E-state index in [9.17, 15) is 4.79 Å². The molecule has 4 rings (SSSR count). The van der Waals surface area contributed by atoms with Crippen molar-refractivity contribution in [2.24, 2.45) is 0 Å². The molecule has 0 atom stereocenters. The fourth-order valence-electron chi connectivity index (χ4n) is 4.37. The van der Waals surface area contributed by atoms with E-state index in [1.54, 1.807) is 0 Å². The molecule has 3 heteroatoms. The molecule has 1 aromatic heterocycles. The van der Waals surface area contributed by atoms with Crippen LogP contribution in [0.25, 0.3) is 10.9 Å². The fourth-order valence-corrected chi connectivity index (χ4v) is 4.37. The van der Waals surface area contributed by atoms with Crippen LogP contribution in [0, 0.1) is 0 Å². The summed E-state index contributed by atoms with van der Waals surface area (Å²) in [6.07, 6.45) is 6.18. The number of para-hydroxylation sites is 1. The molecule has 1 fully saturated rings. The van der Waals surface area contributed by atoms with Crippen LogP contribution in [-0.2, 0) is 10.2 Å². The topological polar surface area (TPSA) is 42.0 Å². The Morgan fingerprint density at radius 1 is 0.929 bits per heavy atom. The summed E-state index contributed by atoms with van der Waals surface area (Å²) in [6, 6.07) is 20.9. The van der Waals surface area contributed by atoms with Crippen molar-refractivity contribution in [3.05, 3.63) is 78.0 Å². The smallest absolute Gasteiger partial charge is 0.230 e. The molecule has 1 heterocycles. The number of rotatable bonds is 4. The highest BCUT2D eigenvalue weighted by atomic mass is 16.2. The Hall–Kier alpha value is -2.68. The standard InChI is InChI=1S/C25H28N2O/c1-25(2,19-8-4-3-5-9-19)24(28)27-20-14-12-18(13-15-20)21-16-17-26-23-11-7-6-10-22(21)23/h3-11,16-18,20H,12-15H2,1-2H3,(H,27,28)/t18-,20-. The number of benzene rings is 2. The first-order valence-electron chi connectivity index (χ1n) is 10.3. The van der Waals surface area contributed by atoms with Gasteiger partial charge < -0.3 is 5.32 Å². The average molecular weight is 373 g/mol. The van der Waals surface area contributed by atoms with Gasteiger partial charge in [-0.2, -0.15) is 0 Å². The van der Waals surface area contributed by atoms with Gasteiger partial charge in [0.25, 0.3) is 0 Å². The maximum Gasteiger partial charge on any atom is 0.230 e. The van der Waals surface area contributed by atoms with E-state index in [0.29, 0.717) is 5.92 Å². The van der Waals surface area contributed by atoms with E-state index in [4.69, 9.17) is 0 Å². The third-order valence-electron chi connectivity index (χ3n) is 6.25. The minimum Gasteiger partial charge on any atom is -0.353 e. The summed E-state index contributed by atoms with van der Waals surface area (Å²) in [5.41, 5.74) is 3.02. The van der Waals surface area contributed by atoms with E-state index in [1.165, 1.54) is 10.9 Å². The summed E-state index contributed by atoms with van der Waals surface area (Å²) in [5, 5.41) is 4.58. The lowest BCUT2D eigenvalue weighted by Gasteiger charge is -2.33. The molecule has 3 aromatic rings. The van der Waals surface area contributed by atoms with Crippen LogP contribution in [0.15, 0.2) is 66.9 Å². The first-order valence-corrected chi connectivity index (χ1v) is 10.3. The van der Waals surface area contributed by atoms with Gasteiger partial charge in [-0.05, 0) is 68.7 Å². The first kappa shape index (κ1) is 18.7. The molecule has 0 saturated heterocycles. The second kappa shape index (κ2) is 7.75. The van der Waals surface area contributed by atoms with Crippen LogP contribution in [-0.4, -0.2) is 16.9 Å². The lowest BCUT2D eigenvalue weighted by molar-refractivity contribution is -0.126. The molecule has 1 aliphatic carbocycles. The van der Waals surface area contributed by atoms with Crippen LogP contribution in [0.5, 0.6) is 0 Å². The van der Waals surface area contributed by atoms with Crippen LogP contribution in [0.2, 0.25) is 0 Å². The summed E-state index contributed by atoms with van der Waals surface area (Å²) in [5.74, 6) is 0.666. The predicted octanol–water partition coefficient (Wildman–Crippen LogP) is 5.36. The van der Waals surface area contributed by atoms with E-state index < -0.39 is 5.41 Å². The Balaban J connectivity index is 1.41. The highest BCUT2D eigenvalue weighted by molar-refractivity contribution is 5.87. The first-order chi connectivity index (χ1) is 13.6. The maximum absolute atomic E-state index is 12.9. The van der Waals surface area contributed by atoms with Gasteiger partial charge in [-0.1, -0.05) is 48.5 Å². The zero-order valence-corrected chi connectivity index (χ0v) is 16.7. The molecule has 3 nitrogen and oxygen atoms in total. The zero-order chi connectivity index (χ0) is 19.6. The number of aromatic nitrogens is 1. The van der Waals surface area contributed by atoms with Crippen molar-refractivity contribution in [3.8, 4) is 0 Å². The second-order valence-electron chi connectivity index (χ2n) is 8.43. The van der Waals surface area contributed by atoms with Gasteiger partial charge in [-0.3, -0.25) is 9.78 Å². The number of pyridine rings is 1. The molecular formula is C25H28N2O. The molecular weight excluding hydrogens is 344 g/mol. The van der Waals surface area contributed by atoms with E-state index in [0.717, 1.165) is 36.8 Å². The molecule has 1 saturated carbocycles. The number of amides is 1. The van der Waals surface area contributed by atoms with Crippen molar-refractivity contribution in [3.63, 3.8) is 0 Å². The molecule has 0 spiro atoms. The number of nitrogens with one attached hydrogen (secondary N) is 1. The Bertz CT molecular complexity index is 951. The van der Waals surface area contributed by atoms with Crippen molar-refractivity contribution in [1.29, 1.82) is 0 Å². The summed E-state index contributed by atoms with van der Waals surface area (Å²) in [4.78, 5) is 17.4. The molecule has 0 aliphatic heterocycles. The van der Waals surface area contributed by atoms with Gasteiger partial charge in [-0.25, -0.2) is 0 Å². The Labute approximate surface area is 167 Å². The van der Waals surface area contributed by atoms with Gasteiger partial charge in [0, 0.05) is 17.6 Å². The predicted molar refractivity (Wildman–Crippen MR) is 114 cm³/mol. The van der Waals surface area contributed by atoms with Gasteiger partial charge in [0.2, 0.25) is 5.91 Å². The monoisotopic (exact) mass is 372 g/mol. The Morgan fingerprint density at radius 3 is 2.36 bits per heavy atom. The quantitative estimate of drug-likeness (QED) is 0.670. The summed E-state index contributed by atoms with van der Waals surface area (Å²) < 4.78 is 0. The van der Waals surface area contributed by atoms with Crippen molar-refractivity contribution in [2.45, 2.75) is 56.9 Å². The fraction of sp³-hybridized carbons (Fsp3) is 0.360. The second-order valence-corrected chi connectivity index (χ2v) is 8.43. The van der Waals surface area contributed by atoms with E-state index in [2.05, 4.69) is 34.6 Å². The molecule has 1 aliphatic rings. The molecule has 2 aromatic carbocycles. The maximum atomic E-state index is 12.9. The minimum atomic E-state index is -0.514. The number of hydrogen-bond donors (Lipinski definition) is 1. The number of hydrogen-bond acceptors (Lipinski definition) is 2. The molecule has 28 heavy (non-hydrogen) atoms. The molecule has 0 unspecified atom stereocenters. The van der Waals surface area contributed by atoms with Crippen LogP contribution in [0.1, 0.15) is 56.6 Å². The van der Waals surface area contributed by atoms with Crippen molar-refractivity contribution in [2.75, 3.05) is 0 Å². The zero-order valence-electron chi connectivity index (χ0n) is 16.7. The Morgan fingerprint density at radius 2 is 1.61 bits per heavy atom. The molecule has 1 N–H and O–H groups in total. The number of fused-ring (bicyclic) bond motifs is 1. The van der Waals surface area contributed by atoms with Gasteiger partial charge in [0.05, 0.1) is 10.9 Å². The van der Waals surface area contributed by atoms with Gasteiger partial charge in [-0.15, -0.1) is 0 Å². The normalized spacial score (nSPS) is 20.1. The largest absolute Gasteiger partial charge is 0.353 e. The number of nitrogens with zero attached hydrogens (tertiary/aromatic N) is 1. The van der Waals surface area contributed by atoms with Crippen LogP contribution in [0.3, 0.4) is 0 Å². The molecule has 144 valence electrons.